The Morgan fingerprint density at radius 3 is 2.26 bits per heavy atom. The summed E-state index contributed by atoms with van der Waals surface area (Å²) in [6, 6.07) is 7.53. The first-order valence-electron chi connectivity index (χ1n) is 10.4. The topological polar surface area (TPSA) is 49.9 Å². The third-order valence-electron chi connectivity index (χ3n) is 5.42. The van der Waals surface area contributed by atoms with Crippen LogP contribution in [0.25, 0.3) is 0 Å². The molecule has 1 aliphatic carbocycles. The molecule has 0 radical (unpaired) electrons. The largest absolute Gasteiger partial charge is 0.490 e. The maximum atomic E-state index is 12.8. The molecule has 2 aliphatic rings. The van der Waals surface area contributed by atoms with Gasteiger partial charge in [-0.1, -0.05) is 13.8 Å². The van der Waals surface area contributed by atoms with Crippen LogP contribution in [0, 0.1) is 5.92 Å². The number of hydrogen-bond acceptors (Lipinski definition) is 3. The van der Waals surface area contributed by atoms with E-state index in [-0.39, 0.29) is 11.8 Å². The van der Waals surface area contributed by atoms with E-state index in [1.807, 2.05) is 34.1 Å². The molecule has 0 bridgehead atoms. The van der Waals surface area contributed by atoms with E-state index < -0.39 is 0 Å². The second-order valence-corrected chi connectivity index (χ2v) is 8.17. The fraction of sp³-hybridized carbons (Fsp3) is 0.636. The van der Waals surface area contributed by atoms with E-state index in [2.05, 4.69) is 13.8 Å². The van der Waals surface area contributed by atoms with Crippen LogP contribution in [-0.4, -0.2) is 53.9 Å². The molecule has 0 atom stereocenters. The molecule has 1 saturated carbocycles. The molecule has 148 valence electrons. The lowest BCUT2D eigenvalue weighted by Gasteiger charge is -2.23. The third-order valence-corrected chi connectivity index (χ3v) is 5.42. The molecule has 1 saturated heterocycles. The highest BCUT2D eigenvalue weighted by Crippen LogP contribution is 2.24. The van der Waals surface area contributed by atoms with E-state index >= 15 is 0 Å². The molecule has 1 heterocycles. The molecule has 0 spiro atoms. The lowest BCUT2D eigenvalue weighted by Crippen LogP contribution is -2.37. The second kappa shape index (κ2) is 9.25. The Labute approximate surface area is 162 Å². The molecule has 0 N–H and O–H groups in total. The summed E-state index contributed by atoms with van der Waals surface area (Å²) in [7, 11) is 0. The van der Waals surface area contributed by atoms with Crippen LogP contribution < -0.4 is 4.74 Å². The quantitative estimate of drug-likeness (QED) is 0.791. The van der Waals surface area contributed by atoms with Crippen molar-refractivity contribution in [1.82, 2.24) is 9.80 Å². The molecule has 1 aromatic carbocycles. The van der Waals surface area contributed by atoms with Crippen molar-refractivity contribution in [2.75, 3.05) is 26.2 Å². The fourth-order valence-corrected chi connectivity index (χ4v) is 3.91. The van der Waals surface area contributed by atoms with Crippen LogP contribution in [0.2, 0.25) is 0 Å². The smallest absolute Gasteiger partial charge is 0.253 e. The summed E-state index contributed by atoms with van der Waals surface area (Å²) in [4.78, 5) is 28.9. The number of hydrogen-bond donors (Lipinski definition) is 0. The van der Waals surface area contributed by atoms with Crippen LogP contribution in [0.15, 0.2) is 24.3 Å². The maximum Gasteiger partial charge on any atom is 0.253 e. The molecule has 2 amide bonds. The first-order valence-corrected chi connectivity index (χ1v) is 10.4. The number of rotatable bonds is 5. The van der Waals surface area contributed by atoms with Crippen LogP contribution in [-0.2, 0) is 4.79 Å². The minimum atomic E-state index is 0.0422. The van der Waals surface area contributed by atoms with Gasteiger partial charge in [-0.3, -0.25) is 9.59 Å². The molecule has 0 unspecified atom stereocenters. The summed E-state index contributed by atoms with van der Waals surface area (Å²) in [5.74, 6) is 1.46. The third kappa shape index (κ3) is 5.47. The van der Waals surface area contributed by atoms with Gasteiger partial charge in [0.25, 0.3) is 5.91 Å². The van der Waals surface area contributed by atoms with Crippen molar-refractivity contribution in [2.24, 2.45) is 5.92 Å². The van der Waals surface area contributed by atoms with Crippen molar-refractivity contribution in [3.63, 3.8) is 0 Å². The van der Waals surface area contributed by atoms with E-state index in [1.165, 1.54) is 12.8 Å². The van der Waals surface area contributed by atoms with Crippen LogP contribution in [0.5, 0.6) is 5.75 Å². The van der Waals surface area contributed by atoms with Gasteiger partial charge >= 0.3 is 0 Å². The van der Waals surface area contributed by atoms with Crippen molar-refractivity contribution in [2.45, 2.75) is 58.5 Å². The number of carbonyl (C=O) groups excluding carboxylic acids is 2. The van der Waals surface area contributed by atoms with Gasteiger partial charge in [0.05, 0.1) is 6.10 Å². The van der Waals surface area contributed by atoms with Crippen LogP contribution in [0.1, 0.15) is 62.7 Å². The Bertz CT molecular complexity index is 635. The first kappa shape index (κ1) is 19.7. The van der Waals surface area contributed by atoms with Gasteiger partial charge in [0.1, 0.15) is 5.75 Å². The number of nitrogens with zero attached hydrogens (tertiary/aromatic N) is 2. The molecule has 5 heteroatoms. The summed E-state index contributed by atoms with van der Waals surface area (Å²) in [6.07, 6.45) is 6.47. The summed E-state index contributed by atoms with van der Waals surface area (Å²) in [5.41, 5.74) is 0.690. The number of benzene rings is 1. The van der Waals surface area contributed by atoms with E-state index in [0.29, 0.717) is 43.6 Å². The predicted octanol–water partition coefficient (Wildman–Crippen LogP) is 3.73. The number of amides is 2. The molecule has 5 nitrogen and oxygen atoms in total. The highest BCUT2D eigenvalue weighted by molar-refractivity contribution is 5.94. The predicted molar refractivity (Wildman–Crippen MR) is 106 cm³/mol. The summed E-state index contributed by atoms with van der Waals surface area (Å²) in [5, 5.41) is 0. The van der Waals surface area contributed by atoms with Gasteiger partial charge in [-0.2, -0.15) is 0 Å². The van der Waals surface area contributed by atoms with Crippen LogP contribution >= 0.6 is 0 Å². The molecule has 2 fully saturated rings. The van der Waals surface area contributed by atoms with Gasteiger partial charge in [-0.05, 0) is 62.3 Å². The normalized spacial score (nSPS) is 18.6. The molecule has 1 aromatic rings. The van der Waals surface area contributed by atoms with Crippen LogP contribution in [0.4, 0.5) is 0 Å². The SMILES string of the molecule is CC(C)CC(=O)N1CCCN(C(=O)c2ccc(OC3CCCC3)cc2)CC1. The van der Waals surface area contributed by atoms with Gasteiger partial charge in [0.2, 0.25) is 5.91 Å². The highest BCUT2D eigenvalue weighted by Gasteiger charge is 2.23. The van der Waals surface area contributed by atoms with Gasteiger partial charge in [-0.25, -0.2) is 0 Å². The zero-order valence-electron chi connectivity index (χ0n) is 16.7. The zero-order chi connectivity index (χ0) is 19.2. The molecule has 27 heavy (non-hydrogen) atoms. The Kier molecular flexibility index (Phi) is 6.75. The number of ether oxygens (including phenoxy) is 1. The lowest BCUT2D eigenvalue weighted by molar-refractivity contribution is -0.131. The monoisotopic (exact) mass is 372 g/mol. The fourth-order valence-electron chi connectivity index (χ4n) is 3.91. The Balaban J connectivity index is 1.54. The average Bonchev–Trinajstić information content (AvgIpc) is 3.02. The van der Waals surface area contributed by atoms with Crippen molar-refractivity contribution in [1.29, 1.82) is 0 Å². The molecular weight excluding hydrogens is 340 g/mol. The van der Waals surface area contributed by atoms with Gasteiger partial charge in [0, 0.05) is 38.2 Å². The van der Waals surface area contributed by atoms with Gasteiger partial charge in [0.15, 0.2) is 0 Å². The van der Waals surface area contributed by atoms with Gasteiger partial charge < -0.3 is 14.5 Å². The second-order valence-electron chi connectivity index (χ2n) is 8.17. The van der Waals surface area contributed by atoms with E-state index in [9.17, 15) is 9.59 Å². The summed E-state index contributed by atoms with van der Waals surface area (Å²) in [6.45, 7) is 6.79. The number of carbonyl (C=O) groups is 2. The molecule has 3 rings (SSSR count). The summed E-state index contributed by atoms with van der Waals surface area (Å²) >= 11 is 0. The summed E-state index contributed by atoms with van der Waals surface area (Å²) < 4.78 is 5.98. The zero-order valence-corrected chi connectivity index (χ0v) is 16.7. The van der Waals surface area contributed by atoms with Crippen LogP contribution in [0.3, 0.4) is 0 Å². The Hall–Kier alpha value is -2.04. The van der Waals surface area contributed by atoms with E-state index in [4.69, 9.17) is 4.74 Å². The Morgan fingerprint density at radius 1 is 0.963 bits per heavy atom. The minimum Gasteiger partial charge on any atom is -0.490 e. The molecule has 0 aromatic heterocycles. The molecular formula is C22H32N2O3. The van der Waals surface area contributed by atoms with E-state index in [0.717, 1.165) is 31.6 Å². The van der Waals surface area contributed by atoms with Gasteiger partial charge in [-0.15, -0.1) is 0 Å². The van der Waals surface area contributed by atoms with Crippen molar-refractivity contribution in [3.8, 4) is 5.75 Å². The van der Waals surface area contributed by atoms with E-state index in [1.54, 1.807) is 0 Å². The highest BCUT2D eigenvalue weighted by atomic mass is 16.5. The lowest BCUT2D eigenvalue weighted by atomic mass is 10.1. The van der Waals surface area contributed by atoms with Crippen molar-refractivity contribution >= 4 is 11.8 Å². The minimum absolute atomic E-state index is 0.0422. The first-order chi connectivity index (χ1) is 13.0. The maximum absolute atomic E-state index is 12.8. The molecule has 1 aliphatic heterocycles. The standard InChI is InChI=1S/C22H32N2O3/c1-17(2)16-21(25)23-12-5-13-24(15-14-23)22(26)18-8-10-20(11-9-18)27-19-6-3-4-7-19/h8-11,17,19H,3-7,12-16H2,1-2H3. The van der Waals surface area contributed by atoms with Crippen molar-refractivity contribution in [3.05, 3.63) is 29.8 Å². The average molecular weight is 373 g/mol. The van der Waals surface area contributed by atoms with Crippen molar-refractivity contribution < 1.29 is 14.3 Å². The Morgan fingerprint density at radius 2 is 1.59 bits per heavy atom.